The first-order chi connectivity index (χ1) is 12.0. The van der Waals surface area contributed by atoms with E-state index in [0.717, 1.165) is 32.2 Å². The summed E-state index contributed by atoms with van der Waals surface area (Å²) in [6, 6.07) is 1.81. The van der Waals surface area contributed by atoms with Gasteiger partial charge in [-0.2, -0.15) is 5.10 Å². The first-order valence-electron chi connectivity index (χ1n) is 9.14. The molecule has 1 N–H and O–H groups in total. The van der Waals surface area contributed by atoms with Gasteiger partial charge in [0.25, 0.3) is 0 Å². The lowest BCUT2D eigenvalue weighted by Gasteiger charge is -2.35. The smallest absolute Gasteiger partial charge is 0.317 e. The molecule has 2 aliphatic rings. The van der Waals surface area contributed by atoms with Gasteiger partial charge in [-0.1, -0.05) is 19.8 Å². The molecule has 0 radical (unpaired) electrons. The molecule has 25 heavy (non-hydrogen) atoms. The molecule has 0 spiro atoms. The average molecular weight is 348 g/mol. The topological polar surface area (TPSA) is 76.5 Å². The molecule has 138 valence electrons. The summed E-state index contributed by atoms with van der Waals surface area (Å²) in [6.07, 6.45) is 7.65. The van der Waals surface area contributed by atoms with E-state index in [1.807, 2.05) is 16.9 Å². The third-order valence-electron chi connectivity index (χ3n) is 5.66. The number of carbonyl (C=O) groups excluding carboxylic acids is 2. The number of hydrogen-bond donors (Lipinski definition) is 1. The van der Waals surface area contributed by atoms with Crippen molar-refractivity contribution in [3.05, 3.63) is 18.5 Å². The van der Waals surface area contributed by atoms with Gasteiger partial charge in [-0.3, -0.25) is 9.48 Å². The molecule has 3 atom stereocenters. The van der Waals surface area contributed by atoms with E-state index in [1.165, 1.54) is 7.11 Å². The Morgan fingerprint density at radius 1 is 1.44 bits per heavy atom. The van der Waals surface area contributed by atoms with Crippen LogP contribution in [-0.2, 0) is 16.1 Å². The number of nitrogens with one attached hydrogen (secondary N) is 1. The lowest BCUT2D eigenvalue weighted by atomic mass is 9.68. The molecule has 2 fully saturated rings. The molecule has 1 aliphatic heterocycles. The molecule has 1 aromatic rings. The van der Waals surface area contributed by atoms with Gasteiger partial charge < -0.3 is 15.0 Å². The summed E-state index contributed by atoms with van der Waals surface area (Å²) in [5.74, 6) is 0.351. The van der Waals surface area contributed by atoms with Crippen LogP contribution in [0.1, 0.15) is 32.6 Å². The zero-order chi connectivity index (χ0) is 17.9. The standard InChI is InChI=1S/C18H28N4O3/c1-14(11-22-9-5-8-20-22)10-19-17(24)21-12-15-6-3-4-7-18(15,13-21)16(23)25-2/h5,8-9,14-15H,3-4,6-7,10-13H2,1-2H3,(H,19,24)/t14-,15-,18-/m1/s1. The number of hydrogen-bond acceptors (Lipinski definition) is 4. The van der Waals surface area contributed by atoms with Gasteiger partial charge in [0.2, 0.25) is 0 Å². The second-order valence-corrected chi connectivity index (χ2v) is 7.49. The number of carbonyl (C=O) groups is 2. The molecule has 7 nitrogen and oxygen atoms in total. The van der Waals surface area contributed by atoms with Crippen molar-refractivity contribution in [3.63, 3.8) is 0 Å². The Balaban J connectivity index is 1.55. The molecule has 1 aliphatic carbocycles. The molecule has 0 bridgehead atoms. The third kappa shape index (κ3) is 3.65. The monoisotopic (exact) mass is 348 g/mol. The van der Waals surface area contributed by atoms with E-state index >= 15 is 0 Å². The normalized spacial score (nSPS) is 26.8. The van der Waals surface area contributed by atoms with E-state index in [2.05, 4.69) is 17.3 Å². The third-order valence-corrected chi connectivity index (χ3v) is 5.66. The molecule has 2 amide bonds. The van der Waals surface area contributed by atoms with Crippen molar-refractivity contribution >= 4 is 12.0 Å². The summed E-state index contributed by atoms with van der Waals surface area (Å²) < 4.78 is 6.94. The number of urea groups is 1. The highest BCUT2D eigenvalue weighted by Gasteiger charge is 2.54. The van der Waals surface area contributed by atoms with Crippen molar-refractivity contribution in [2.75, 3.05) is 26.7 Å². The summed E-state index contributed by atoms with van der Waals surface area (Å²) in [6.45, 7) is 4.56. The van der Waals surface area contributed by atoms with E-state index in [-0.39, 0.29) is 23.8 Å². The number of aromatic nitrogens is 2. The van der Waals surface area contributed by atoms with Gasteiger partial charge in [0.1, 0.15) is 0 Å². The number of rotatable bonds is 5. The minimum Gasteiger partial charge on any atom is -0.469 e. The Kier molecular flexibility index (Phi) is 5.30. The molecule has 1 saturated carbocycles. The summed E-state index contributed by atoms with van der Waals surface area (Å²) in [4.78, 5) is 26.8. The molecule has 1 saturated heterocycles. The highest BCUT2D eigenvalue weighted by atomic mass is 16.5. The van der Waals surface area contributed by atoms with E-state index in [4.69, 9.17) is 4.74 Å². The highest BCUT2D eigenvalue weighted by molar-refractivity contribution is 5.81. The summed E-state index contributed by atoms with van der Waals surface area (Å²) in [5, 5.41) is 7.20. The fourth-order valence-corrected chi connectivity index (χ4v) is 4.31. The zero-order valence-corrected chi connectivity index (χ0v) is 15.1. The fourth-order valence-electron chi connectivity index (χ4n) is 4.31. The first-order valence-corrected chi connectivity index (χ1v) is 9.14. The number of fused-ring (bicyclic) bond motifs is 1. The molecular weight excluding hydrogens is 320 g/mol. The van der Waals surface area contributed by atoms with Crippen LogP contribution in [0.5, 0.6) is 0 Å². The van der Waals surface area contributed by atoms with Gasteiger partial charge in [0.05, 0.1) is 12.5 Å². The number of ether oxygens (including phenoxy) is 1. The van der Waals surface area contributed by atoms with Gasteiger partial charge in [-0.05, 0) is 30.7 Å². The maximum absolute atomic E-state index is 12.6. The number of esters is 1. The molecular formula is C18H28N4O3. The largest absolute Gasteiger partial charge is 0.469 e. The summed E-state index contributed by atoms with van der Waals surface area (Å²) in [5.41, 5.74) is -0.495. The van der Waals surface area contributed by atoms with Crippen LogP contribution in [0.3, 0.4) is 0 Å². The van der Waals surface area contributed by atoms with E-state index in [9.17, 15) is 9.59 Å². The molecule has 0 aromatic carbocycles. The predicted molar refractivity (Wildman–Crippen MR) is 92.8 cm³/mol. The Morgan fingerprint density at radius 3 is 3.00 bits per heavy atom. The zero-order valence-electron chi connectivity index (χ0n) is 15.1. The van der Waals surface area contributed by atoms with E-state index in [1.54, 1.807) is 11.1 Å². The number of nitrogens with zero attached hydrogens (tertiary/aromatic N) is 3. The molecule has 7 heteroatoms. The lowest BCUT2D eigenvalue weighted by molar-refractivity contribution is -0.156. The Morgan fingerprint density at radius 2 is 2.28 bits per heavy atom. The van der Waals surface area contributed by atoms with Crippen LogP contribution in [-0.4, -0.2) is 53.4 Å². The summed E-state index contributed by atoms with van der Waals surface area (Å²) in [7, 11) is 1.45. The van der Waals surface area contributed by atoms with Crippen LogP contribution in [0.2, 0.25) is 0 Å². The fraction of sp³-hybridized carbons (Fsp3) is 0.722. The molecule has 0 unspecified atom stereocenters. The lowest BCUT2D eigenvalue weighted by Crippen LogP contribution is -2.44. The minimum atomic E-state index is -0.495. The van der Waals surface area contributed by atoms with Crippen LogP contribution in [0.4, 0.5) is 4.79 Å². The van der Waals surface area contributed by atoms with Crippen LogP contribution in [0.25, 0.3) is 0 Å². The first kappa shape index (κ1) is 17.8. The maximum Gasteiger partial charge on any atom is 0.317 e. The Labute approximate surface area is 148 Å². The second-order valence-electron chi connectivity index (χ2n) is 7.49. The van der Waals surface area contributed by atoms with E-state index in [0.29, 0.717) is 19.6 Å². The number of likely N-dealkylation sites (tertiary alicyclic amines) is 1. The van der Waals surface area contributed by atoms with Crippen molar-refractivity contribution < 1.29 is 14.3 Å². The van der Waals surface area contributed by atoms with Gasteiger partial charge >= 0.3 is 12.0 Å². The number of methoxy groups -OCH3 is 1. The molecule has 2 heterocycles. The maximum atomic E-state index is 12.6. The van der Waals surface area contributed by atoms with Gasteiger partial charge in [0, 0.05) is 38.6 Å². The van der Waals surface area contributed by atoms with Gasteiger partial charge in [-0.25, -0.2) is 4.79 Å². The minimum absolute atomic E-state index is 0.0787. The highest BCUT2D eigenvalue weighted by Crippen LogP contribution is 2.47. The van der Waals surface area contributed by atoms with Crippen LogP contribution < -0.4 is 5.32 Å². The van der Waals surface area contributed by atoms with Crippen molar-refractivity contribution in [3.8, 4) is 0 Å². The second kappa shape index (κ2) is 7.45. The SMILES string of the molecule is COC(=O)[C@@]12CCCC[C@@H]1CN(C(=O)NC[C@@H](C)Cn1cccn1)C2. The molecule has 1 aromatic heterocycles. The quantitative estimate of drug-likeness (QED) is 0.825. The van der Waals surface area contributed by atoms with Crippen molar-refractivity contribution in [2.45, 2.75) is 39.2 Å². The van der Waals surface area contributed by atoms with Crippen molar-refractivity contribution in [1.29, 1.82) is 0 Å². The number of amides is 2. The average Bonchev–Trinajstić information content (AvgIpc) is 3.26. The van der Waals surface area contributed by atoms with Crippen molar-refractivity contribution in [2.24, 2.45) is 17.3 Å². The predicted octanol–water partition coefficient (Wildman–Crippen LogP) is 1.89. The summed E-state index contributed by atoms with van der Waals surface area (Å²) >= 11 is 0. The van der Waals surface area contributed by atoms with E-state index < -0.39 is 5.41 Å². The van der Waals surface area contributed by atoms with Crippen LogP contribution in [0, 0.1) is 17.3 Å². The molecule has 3 rings (SSSR count). The Bertz CT molecular complexity index is 603. The Hall–Kier alpha value is -2.05. The van der Waals surface area contributed by atoms with Gasteiger partial charge in [-0.15, -0.1) is 0 Å². The van der Waals surface area contributed by atoms with Crippen molar-refractivity contribution in [1.82, 2.24) is 20.0 Å². The van der Waals surface area contributed by atoms with Gasteiger partial charge in [0.15, 0.2) is 0 Å². The van der Waals surface area contributed by atoms with Crippen LogP contribution >= 0.6 is 0 Å². The van der Waals surface area contributed by atoms with Crippen LogP contribution in [0.15, 0.2) is 18.5 Å².